The van der Waals surface area contributed by atoms with Crippen molar-refractivity contribution in [3.63, 3.8) is 0 Å². The highest BCUT2D eigenvalue weighted by Gasteiger charge is 2.20. The molecule has 29 heavy (non-hydrogen) atoms. The Labute approximate surface area is 178 Å². The number of halogens is 1. The smallest absolute Gasteiger partial charge is 0.233 e. The number of amides is 1. The van der Waals surface area contributed by atoms with Crippen LogP contribution < -0.4 is 0 Å². The zero-order chi connectivity index (χ0) is 20.1. The van der Waals surface area contributed by atoms with E-state index in [2.05, 4.69) is 26.9 Å². The van der Waals surface area contributed by atoms with E-state index in [1.165, 1.54) is 11.8 Å². The second-order valence-electron chi connectivity index (χ2n) is 6.67. The molecule has 1 fully saturated rings. The van der Waals surface area contributed by atoms with Gasteiger partial charge in [0.25, 0.3) is 0 Å². The van der Waals surface area contributed by atoms with Gasteiger partial charge in [0.2, 0.25) is 5.91 Å². The maximum Gasteiger partial charge on any atom is 0.233 e. The number of hydrogen-bond acceptors (Lipinski definition) is 5. The van der Waals surface area contributed by atoms with Crippen molar-refractivity contribution in [3.8, 4) is 11.4 Å². The van der Waals surface area contributed by atoms with Crippen LogP contribution in [-0.4, -0.2) is 57.6 Å². The van der Waals surface area contributed by atoms with Crippen LogP contribution >= 0.6 is 23.4 Å². The molecule has 0 atom stereocenters. The zero-order valence-electron chi connectivity index (χ0n) is 15.8. The molecular formula is C21H21ClN4O2S. The van der Waals surface area contributed by atoms with E-state index in [9.17, 15) is 4.79 Å². The Morgan fingerprint density at radius 2 is 1.76 bits per heavy atom. The van der Waals surface area contributed by atoms with Gasteiger partial charge in [-0.05, 0) is 29.8 Å². The summed E-state index contributed by atoms with van der Waals surface area (Å²) in [5.41, 5.74) is 2.08. The Hall–Kier alpha value is -2.35. The summed E-state index contributed by atoms with van der Waals surface area (Å²) in [5.74, 6) is 1.18. The molecule has 1 aromatic heterocycles. The van der Waals surface area contributed by atoms with Crippen LogP contribution in [0.1, 0.15) is 5.56 Å². The third-order valence-corrected chi connectivity index (χ3v) is 5.89. The Balaban J connectivity index is 1.57. The van der Waals surface area contributed by atoms with Crippen molar-refractivity contribution in [2.24, 2.45) is 0 Å². The molecule has 0 spiro atoms. The van der Waals surface area contributed by atoms with E-state index in [1.807, 2.05) is 47.4 Å². The summed E-state index contributed by atoms with van der Waals surface area (Å²) in [6.45, 7) is 3.11. The highest BCUT2D eigenvalue weighted by atomic mass is 35.5. The fourth-order valence-electron chi connectivity index (χ4n) is 3.15. The molecule has 1 amide bonds. The van der Waals surface area contributed by atoms with Gasteiger partial charge in [-0.2, -0.15) is 0 Å². The lowest BCUT2D eigenvalue weighted by Gasteiger charge is -2.26. The number of thioether (sulfide) groups is 1. The number of benzene rings is 2. The largest absolute Gasteiger partial charge is 0.378 e. The minimum absolute atomic E-state index is 0.0978. The second kappa shape index (κ2) is 9.43. The van der Waals surface area contributed by atoms with E-state index in [4.69, 9.17) is 16.3 Å². The van der Waals surface area contributed by atoms with Crippen molar-refractivity contribution in [1.29, 1.82) is 0 Å². The van der Waals surface area contributed by atoms with Gasteiger partial charge in [0.05, 0.1) is 25.5 Å². The normalized spacial score (nSPS) is 14.2. The topological polar surface area (TPSA) is 60.2 Å². The first kappa shape index (κ1) is 19.9. The first-order valence-electron chi connectivity index (χ1n) is 9.42. The van der Waals surface area contributed by atoms with Crippen LogP contribution in [0.25, 0.3) is 11.4 Å². The summed E-state index contributed by atoms with van der Waals surface area (Å²) in [7, 11) is 0. The van der Waals surface area contributed by atoms with Gasteiger partial charge in [-0.25, -0.2) is 0 Å². The number of rotatable bonds is 6. The van der Waals surface area contributed by atoms with Crippen molar-refractivity contribution >= 4 is 29.3 Å². The van der Waals surface area contributed by atoms with E-state index >= 15 is 0 Å². The molecule has 150 valence electrons. The van der Waals surface area contributed by atoms with Gasteiger partial charge in [0.1, 0.15) is 0 Å². The lowest BCUT2D eigenvalue weighted by atomic mass is 10.2. The van der Waals surface area contributed by atoms with Crippen molar-refractivity contribution < 1.29 is 9.53 Å². The number of nitrogens with zero attached hydrogens (tertiary/aromatic N) is 4. The van der Waals surface area contributed by atoms with Crippen LogP contribution in [-0.2, 0) is 16.1 Å². The van der Waals surface area contributed by atoms with Gasteiger partial charge in [-0.3, -0.25) is 9.36 Å². The van der Waals surface area contributed by atoms with Gasteiger partial charge in [-0.1, -0.05) is 53.7 Å². The molecule has 2 aromatic carbocycles. The Kier molecular flexibility index (Phi) is 6.49. The minimum atomic E-state index is 0.0978. The molecule has 0 radical (unpaired) electrons. The standard InChI is InChI=1S/C21H21ClN4O2S/c22-18-8-6-17(7-9-18)20-23-24-21(26(20)14-16-4-2-1-3-5-16)29-15-19(27)25-10-12-28-13-11-25/h1-9H,10-15H2. The maximum absolute atomic E-state index is 12.5. The Morgan fingerprint density at radius 3 is 2.48 bits per heavy atom. The van der Waals surface area contributed by atoms with Crippen molar-refractivity contribution in [2.75, 3.05) is 32.1 Å². The van der Waals surface area contributed by atoms with E-state index in [1.54, 1.807) is 0 Å². The van der Waals surface area contributed by atoms with Crippen LogP contribution in [0.3, 0.4) is 0 Å². The Bertz CT molecular complexity index is 957. The van der Waals surface area contributed by atoms with Crippen molar-refractivity contribution in [3.05, 3.63) is 65.2 Å². The molecular weight excluding hydrogens is 408 g/mol. The van der Waals surface area contributed by atoms with Crippen molar-refractivity contribution in [2.45, 2.75) is 11.7 Å². The molecule has 0 unspecified atom stereocenters. The summed E-state index contributed by atoms with van der Waals surface area (Å²) in [6, 6.07) is 17.7. The SMILES string of the molecule is O=C(CSc1nnc(-c2ccc(Cl)cc2)n1Cc1ccccc1)N1CCOCC1. The quantitative estimate of drug-likeness (QED) is 0.561. The molecule has 3 aromatic rings. The highest BCUT2D eigenvalue weighted by Crippen LogP contribution is 2.26. The van der Waals surface area contributed by atoms with Crippen LogP contribution in [0.15, 0.2) is 59.8 Å². The van der Waals surface area contributed by atoms with Gasteiger partial charge in [0, 0.05) is 23.7 Å². The minimum Gasteiger partial charge on any atom is -0.378 e. The molecule has 0 N–H and O–H groups in total. The number of carbonyl (C=O) groups excluding carboxylic acids is 1. The summed E-state index contributed by atoms with van der Waals surface area (Å²) >= 11 is 7.45. The first-order valence-corrected chi connectivity index (χ1v) is 10.8. The van der Waals surface area contributed by atoms with Crippen LogP contribution in [0.4, 0.5) is 0 Å². The summed E-state index contributed by atoms with van der Waals surface area (Å²) in [6.07, 6.45) is 0. The lowest BCUT2D eigenvalue weighted by molar-refractivity contribution is -0.132. The fraction of sp³-hybridized carbons (Fsp3) is 0.286. The second-order valence-corrected chi connectivity index (χ2v) is 8.05. The summed E-state index contributed by atoms with van der Waals surface area (Å²) < 4.78 is 7.37. The summed E-state index contributed by atoms with van der Waals surface area (Å²) in [4.78, 5) is 14.4. The predicted molar refractivity (Wildman–Crippen MR) is 114 cm³/mol. The van der Waals surface area contributed by atoms with Crippen LogP contribution in [0.5, 0.6) is 0 Å². The highest BCUT2D eigenvalue weighted by molar-refractivity contribution is 7.99. The maximum atomic E-state index is 12.5. The van der Waals surface area contributed by atoms with E-state index in [-0.39, 0.29) is 5.91 Å². The van der Waals surface area contributed by atoms with E-state index in [0.29, 0.717) is 43.6 Å². The summed E-state index contributed by atoms with van der Waals surface area (Å²) in [5, 5.41) is 10.2. The third-order valence-electron chi connectivity index (χ3n) is 4.69. The lowest BCUT2D eigenvalue weighted by Crippen LogP contribution is -2.41. The van der Waals surface area contributed by atoms with Crippen molar-refractivity contribution in [1.82, 2.24) is 19.7 Å². The molecule has 4 rings (SSSR count). The molecule has 8 heteroatoms. The van der Waals surface area contributed by atoms with Gasteiger partial charge < -0.3 is 9.64 Å². The molecule has 1 aliphatic heterocycles. The average molecular weight is 429 g/mol. The zero-order valence-corrected chi connectivity index (χ0v) is 17.4. The molecule has 0 bridgehead atoms. The number of hydrogen-bond donors (Lipinski definition) is 0. The number of ether oxygens (including phenoxy) is 1. The number of aromatic nitrogens is 3. The third kappa shape index (κ3) is 4.98. The average Bonchev–Trinajstić information content (AvgIpc) is 3.16. The van der Waals surface area contributed by atoms with Gasteiger partial charge in [0.15, 0.2) is 11.0 Å². The van der Waals surface area contributed by atoms with Crippen LogP contribution in [0.2, 0.25) is 5.02 Å². The first-order chi connectivity index (χ1) is 14.2. The molecule has 0 aliphatic carbocycles. The van der Waals surface area contributed by atoms with E-state index in [0.717, 1.165) is 22.1 Å². The molecule has 1 saturated heterocycles. The van der Waals surface area contributed by atoms with Gasteiger partial charge in [-0.15, -0.1) is 10.2 Å². The fourth-order valence-corrected chi connectivity index (χ4v) is 4.11. The molecule has 6 nitrogen and oxygen atoms in total. The van der Waals surface area contributed by atoms with E-state index < -0.39 is 0 Å². The monoisotopic (exact) mass is 428 g/mol. The molecule has 2 heterocycles. The molecule has 0 saturated carbocycles. The van der Waals surface area contributed by atoms with Gasteiger partial charge >= 0.3 is 0 Å². The number of morpholine rings is 1. The molecule has 1 aliphatic rings. The Morgan fingerprint density at radius 1 is 1.03 bits per heavy atom. The predicted octanol–water partition coefficient (Wildman–Crippen LogP) is 3.60. The number of carbonyl (C=O) groups is 1. The van der Waals surface area contributed by atoms with Crippen LogP contribution in [0, 0.1) is 0 Å².